The van der Waals surface area contributed by atoms with Crippen molar-refractivity contribution in [1.29, 1.82) is 0 Å². The van der Waals surface area contributed by atoms with Crippen LogP contribution >= 0.6 is 0 Å². The van der Waals surface area contributed by atoms with E-state index in [1.165, 1.54) is 49.7 Å². The Morgan fingerprint density at radius 2 is 1.02 bits per heavy atom. The minimum atomic E-state index is -2.81. The minimum absolute atomic E-state index is 0.362. The summed E-state index contributed by atoms with van der Waals surface area (Å²) in [6.07, 6.45) is 8.64. The number of benzene rings is 3. The molecule has 5 aliphatic carbocycles. The van der Waals surface area contributed by atoms with Crippen molar-refractivity contribution in [1.82, 2.24) is 3.26 Å². The Morgan fingerprint density at radius 3 is 1.41 bits per heavy atom. The standard InChI is InChI=1S/C13H22N.C12H10.C9H13.C6H7Si.CH3.Zr/c1-10-4-11(2)6-12(3,5-10)9-13(14,7-10)8-11;1-3-7-11(8-4-1)12-9-5-2-6-10-12;1-6-5-7(2)9(4)8(6)3;7-6-4-2-1-3-5-6;;/h14H,4-9H2,1-3H3;1-10H;6H,1-4H3;1-5H,7H2;1H3;/q-1;;;;;+1. The van der Waals surface area contributed by atoms with E-state index in [-0.39, 0.29) is 6.65 Å². The second-order valence-corrected chi connectivity index (χ2v) is 37.3. The van der Waals surface area contributed by atoms with E-state index in [4.69, 9.17) is 3.26 Å². The molecule has 0 saturated heterocycles. The molecule has 8 rings (SSSR count). The number of rotatable bonds is 6. The normalized spacial score (nSPS) is 34.0. The first kappa shape index (κ1) is 32.2. The van der Waals surface area contributed by atoms with Crippen molar-refractivity contribution in [2.75, 3.05) is 0 Å². The molecule has 232 valence electrons. The van der Waals surface area contributed by atoms with Crippen LogP contribution in [-0.4, -0.2) is 12.2 Å². The Kier molecular flexibility index (Phi) is 8.60. The Bertz CT molecular complexity index is 1470. The molecule has 3 heteroatoms. The Labute approximate surface area is 274 Å². The molecule has 5 aliphatic rings. The molecule has 1 N–H and O–H groups in total. The maximum Gasteiger partial charge on any atom is -0.0184 e. The quantitative estimate of drug-likeness (QED) is 0.256. The van der Waals surface area contributed by atoms with E-state index in [1.54, 1.807) is 21.9 Å². The number of hydrogen-bond donors (Lipinski definition) is 1. The first-order valence-corrected chi connectivity index (χ1v) is 28.6. The fourth-order valence-electron chi connectivity index (χ4n) is 11.7. The van der Waals surface area contributed by atoms with Gasteiger partial charge in [-0.3, -0.25) is 0 Å². The fraction of sp³-hybridized carbons (Fsp3) is 0.463. The van der Waals surface area contributed by atoms with Crippen LogP contribution in [0.25, 0.3) is 11.1 Å². The summed E-state index contributed by atoms with van der Waals surface area (Å²) in [5.74, 6) is 0.648. The summed E-state index contributed by atoms with van der Waals surface area (Å²) in [5, 5.41) is 1.68. The summed E-state index contributed by atoms with van der Waals surface area (Å²) < 4.78 is 9.52. The zero-order valence-electron chi connectivity index (χ0n) is 28.7. The van der Waals surface area contributed by atoms with Gasteiger partial charge < -0.3 is 0 Å². The molecule has 1 nitrogen and oxygen atoms in total. The van der Waals surface area contributed by atoms with Gasteiger partial charge in [0.1, 0.15) is 0 Å². The van der Waals surface area contributed by atoms with E-state index in [9.17, 15) is 0 Å². The molecule has 0 spiro atoms. The third-order valence-corrected chi connectivity index (χ3v) is 32.6. The molecule has 3 aromatic rings. The number of nitrogens with one attached hydrogen (secondary N) is 1. The predicted octanol–water partition coefficient (Wildman–Crippen LogP) is 9.86. The third kappa shape index (κ3) is 6.28. The summed E-state index contributed by atoms with van der Waals surface area (Å²) in [7, 11) is 0. The largest absolute Gasteiger partial charge is 0.0622 e. The van der Waals surface area contributed by atoms with Crippen LogP contribution in [0.2, 0.25) is 4.63 Å². The van der Waals surface area contributed by atoms with Crippen LogP contribution in [0.5, 0.6) is 0 Å². The van der Waals surface area contributed by atoms with Gasteiger partial charge in [0, 0.05) is 0 Å². The predicted molar refractivity (Wildman–Crippen MR) is 190 cm³/mol. The first-order valence-electron chi connectivity index (χ1n) is 17.1. The van der Waals surface area contributed by atoms with Gasteiger partial charge in [-0.2, -0.15) is 0 Å². The second kappa shape index (κ2) is 11.8. The van der Waals surface area contributed by atoms with Gasteiger partial charge in [-0.1, -0.05) is 60.7 Å². The maximum absolute atomic E-state index is 4.79. The Morgan fingerprint density at radius 1 is 0.614 bits per heavy atom. The Balaban J connectivity index is 0.000000238. The summed E-state index contributed by atoms with van der Waals surface area (Å²) in [6, 6.07) is 32.4. The molecule has 2 atom stereocenters. The van der Waals surface area contributed by atoms with Crippen LogP contribution in [0.1, 0.15) is 87.0 Å². The molecule has 4 saturated carbocycles. The fourth-order valence-corrected chi connectivity index (χ4v) is 38.0. The molecule has 4 fully saturated rings. The molecule has 0 radical (unpaired) electrons. The average Bonchev–Trinajstić information content (AvgIpc) is 3.14. The molecule has 0 amide bonds. The van der Waals surface area contributed by atoms with Gasteiger partial charge in [0.25, 0.3) is 0 Å². The molecule has 44 heavy (non-hydrogen) atoms. The molecule has 0 aromatic heterocycles. The summed E-state index contributed by atoms with van der Waals surface area (Å²) >= 11 is -2.81. The van der Waals surface area contributed by atoms with Crippen molar-refractivity contribution in [3.63, 3.8) is 0 Å². The van der Waals surface area contributed by atoms with E-state index >= 15 is 0 Å². The van der Waals surface area contributed by atoms with Crippen molar-refractivity contribution in [3.8, 4) is 11.1 Å². The van der Waals surface area contributed by atoms with Crippen LogP contribution in [0.15, 0.2) is 111 Å². The average molecular weight is 681 g/mol. The van der Waals surface area contributed by atoms with Crippen LogP contribution in [-0.2, 0) is 19.7 Å². The van der Waals surface area contributed by atoms with Gasteiger partial charge in [0.2, 0.25) is 0 Å². The van der Waals surface area contributed by atoms with Crippen LogP contribution in [0, 0.1) is 22.2 Å². The zero-order valence-corrected chi connectivity index (χ0v) is 32.6. The zero-order chi connectivity index (χ0) is 31.4. The van der Waals surface area contributed by atoms with Gasteiger partial charge in [-0.25, -0.2) is 0 Å². The van der Waals surface area contributed by atoms with Gasteiger partial charge in [-0.15, -0.1) is 0 Å². The van der Waals surface area contributed by atoms with E-state index < -0.39 is 19.7 Å². The van der Waals surface area contributed by atoms with Gasteiger partial charge in [0.05, 0.1) is 0 Å². The smallest absolute Gasteiger partial charge is 0.0184 e. The molecule has 4 bridgehead atoms. The third-order valence-electron chi connectivity index (χ3n) is 11.9. The molecule has 2 unspecified atom stereocenters. The van der Waals surface area contributed by atoms with Crippen LogP contribution in [0.3, 0.4) is 0 Å². The molecule has 0 heterocycles. The van der Waals surface area contributed by atoms with Crippen molar-refractivity contribution in [3.05, 3.63) is 111 Å². The second-order valence-electron chi connectivity index (χ2n) is 16.7. The topological polar surface area (TPSA) is 12.0 Å². The molecule has 3 aromatic carbocycles. The molecular formula is C41H55NSiZr. The van der Waals surface area contributed by atoms with Gasteiger partial charge in [-0.05, 0) is 11.1 Å². The van der Waals surface area contributed by atoms with Crippen LogP contribution < -0.4 is 8.45 Å². The van der Waals surface area contributed by atoms with Crippen molar-refractivity contribution >= 4 is 11.8 Å². The summed E-state index contributed by atoms with van der Waals surface area (Å²) in [6.45, 7) is 17.3. The van der Waals surface area contributed by atoms with Crippen LogP contribution in [0.4, 0.5) is 0 Å². The van der Waals surface area contributed by atoms with E-state index in [2.05, 4.69) is 132 Å². The van der Waals surface area contributed by atoms with Crippen molar-refractivity contribution < 1.29 is 19.7 Å². The number of allylic oxidation sites excluding steroid dienone is 4. The molecule has 0 aliphatic heterocycles. The van der Waals surface area contributed by atoms with E-state index in [1.807, 2.05) is 15.4 Å². The van der Waals surface area contributed by atoms with Gasteiger partial charge in [0.15, 0.2) is 0 Å². The van der Waals surface area contributed by atoms with Crippen molar-refractivity contribution in [2.24, 2.45) is 22.2 Å². The summed E-state index contributed by atoms with van der Waals surface area (Å²) in [5.41, 5.74) is 9.46. The first-order chi connectivity index (χ1) is 20.8. The maximum atomic E-state index is 4.79. The van der Waals surface area contributed by atoms with E-state index in [0.717, 1.165) is 0 Å². The van der Waals surface area contributed by atoms with E-state index in [0.29, 0.717) is 27.7 Å². The summed E-state index contributed by atoms with van der Waals surface area (Å²) in [4.78, 5) is 0. The minimum Gasteiger partial charge on any atom is -0.0622 e. The SMILES string of the molecule is CC1=C(C)C(C)[C]([Zr]([CH3])([NH]C23CC4(C)CC(C)(CC(C)(C4)C2)C3)[SiH2]c2ccccc2)=C1C.c1ccc(-c2ccccc2)cc1. The van der Waals surface area contributed by atoms with Crippen molar-refractivity contribution in [2.45, 2.75) is 97.2 Å². The monoisotopic (exact) mass is 679 g/mol. The van der Waals surface area contributed by atoms with Gasteiger partial charge >= 0.3 is 204 Å². The number of hydrogen-bond acceptors (Lipinski definition) is 1. The Hall–Kier alpha value is -1.80. The molecular weight excluding hydrogens is 626 g/mol.